The minimum atomic E-state index is -1.34. The van der Waals surface area contributed by atoms with E-state index >= 15 is 0 Å². The highest BCUT2D eigenvalue weighted by Crippen LogP contribution is 2.66. The third-order valence-corrected chi connectivity index (χ3v) is 9.65. The number of carbonyl (C=O) groups excluding carboxylic acids is 1. The van der Waals surface area contributed by atoms with Gasteiger partial charge in [0.1, 0.15) is 17.3 Å². The molecule has 3 atom stereocenters. The summed E-state index contributed by atoms with van der Waals surface area (Å²) in [6.07, 6.45) is -0.760. The molecule has 32 heavy (non-hydrogen) atoms. The number of carbonyl (C=O) groups is 2. The van der Waals surface area contributed by atoms with E-state index in [1.54, 1.807) is 26.1 Å². The average molecular weight is 547 g/mol. The molecule has 1 aliphatic carbocycles. The molecule has 0 radical (unpaired) electrons. The van der Waals surface area contributed by atoms with Crippen molar-refractivity contribution in [3.8, 4) is 0 Å². The van der Waals surface area contributed by atoms with Crippen LogP contribution in [0.3, 0.4) is 0 Å². The molecule has 1 aromatic carbocycles. The molecule has 0 aromatic heterocycles. The Morgan fingerprint density at radius 2 is 2.12 bits per heavy atom. The van der Waals surface area contributed by atoms with Gasteiger partial charge in [0, 0.05) is 37.7 Å². The number of fused-ring (bicyclic) bond motifs is 1. The Morgan fingerprint density at radius 3 is 2.72 bits per heavy atom. The monoisotopic (exact) mass is 545 g/mol. The van der Waals surface area contributed by atoms with E-state index in [0.717, 1.165) is 22.7 Å². The van der Waals surface area contributed by atoms with Crippen LogP contribution in [0.15, 0.2) is 27.7 Å². The van der Waals surface area contributed by atoms with Gasteiger partial charge < -0.3 is 15.2 Å². The van der Waals surface area contributed by atoms with Crippen molar-refractivity contribution in [2.24, 2.45) is 10.9 Å². The van der Waals surface area contributed by atoms with Gasteiger partial charge in [-0.1, -0.05) is 47.3 Å². The highest BCUT2D eigenvalue weighted by Gasteiger charge is 2.71. The number of hydrogen-bond acceptors (Lipinski definition) is 5. The standard InChI is InChI=1S/C21H29BrFN3O4SSi/c1-20(14-10-13(22)6-7-15(14)23)16-11-21(16,17(27)24-2)31-18(25-20)26(19(28)29)12-30-8-9-32(3,4)5/h6-7,10,16H,8-9,11-12H2,1-5H3,(H,24,27)(H,28,29)/t16-,20+,21-/m0/s1. The van der Waals surface area contributed by atoms with Crippen LogP contribution in [0.5, 0.6) is 0 Å². The van der Waals surface area contributed by atoms with E-state index in [9.17, 15) is 19.1 Å². The maximum Gasteiger partial charge on any atom is 0.415 e. The first kappa shape index (κ1) is 25.2. The van der Waals surface area contributed by atoms with Crippen molar-refractivity contribution in [3.05, 3.63) is 34.1 Å². The molecule has 0 spiro atoms. The van der Waals surface area contributed by atoms with Gasteiger partial charge in [-0.05, 0) is 37.6 Å². The lowest BCUT2D eigenvalue weighted by molar-refractivity contribution is -0.121. The van der Waals surface area contributed by atoms with Crippen molar-refractivity contribution < 1.29 is 23.8 Å². The Kier molecular flexibility index (Phi) is 7.14. The molecule has 176 valence electrons. The highest BCUT2D eigenvalue weighted by molar-refractivity contribution is 9.10. The Labute approximate surface area is 201 Å². The normalized spacial score (nSPS) is 26.7. The summed E-state index contributed by atoms with van der Waals surface area (Å²) in [5, 5.41) is 12.7. The number of rotatable bonds is 7. The molecular formula is C21H29BrFN3O4SSi. The van der Waals surface area contributed by atoms with Crippen LogP contribution in [0, 0.1) is 11.7 Å². The maximum atomic E-state index is 14.9. The van der Waals surface area contributed by atoms with Crippen molar-refractivity contribution in [1.82, 2.24) is 10.2 Å². The smallest absolute Gasteiger partial charge is 0.415 e. The zero-order valence-electron chi connectivity index (χ0n) is 18.9. The van der Waals surface area contributed by atoms with Crippen LogP contribution < -0.4 is 5.32 Å². The minimum absolute atomic E-state index is 0.143. The Bertz CT molecular complexity index is 959. The number of nitrogens with one attached hydrogen (secondary N) is 1. The van der Waals surface area contributed by atoms with E-state index in [4.69, 9.17) is 9.73 Å². The van der Waals surface area contributed by atoms with E-state index in [2.05, 4.69) is 40.9 Å². The summed E-state index contributed by atoms with van der Waals surface area (Å²) in [5.74, 6) is -0.931. The number of thioether (sulfide) groups is 1. The quantitative estimate of drug-likeness (QED) is 0.294. The van der Waals surface area contributed by atoms with Gasteiger partial charge in [-0.15, -0.1) is 0 Å². The molecule has 1 aliphatic heterocycles. The predicted molar refractivity (Wildman–Crippen MR) is 130 cm³/mol. The first-order valence-corrected chi connectivity index (χ1v) is 15.7. The van der Waals surface area contributed by atoms with Crippen molar-refractivity contribution in [2.45, 2.75) is 49.3 Å². The number of amidine groups is 1. The number of amides is 2. The van der Waals surface area contributed by atoms with Crippen LogP contribution in [-0.2, 0) is 15.1 Å². The second-order valence-electron chi connectivity index (χ2n) is 9.55. The third-order valence-electron chi connectivity index (χ3n) is 5.95. The molecule has 0 saturated heterocycles. The lowest BCUT2D eigenvalue weighted by Gasteiger charge is -2.36. The molecule has 1 heterocycles. The van der Waals surface area contributed by atoms with Crippen LogP contribution in [0.2, 0.25) is 25.7 Å². The first-order valence-electron chi connectivity index (χ1n) is 10.4. The number of halogens is 2. The molecule has 2 aliphatic rings. The van der Waals surface area contributed by atoms with Gasteiger partial charge in [0.2, 0.25) is 5.91 Å². The zero-order chi connectivity index (χ0) is 23.9. The predicted octanol–water partition coefficient (Wildman–Crippen LogP) is 4.70. The summed E-state index contributed by atoms with van der Waals surface area (Å²) in [6.45, 7) is 8.65. The fourth-order valence-corrected chi connectivity index (χ4v) is 6.69. The topological polar surface area (TPSA) is 91.2 Å². The number of ether oxygens (including phenoxy) is 1. The third kappa shape index (κ3) is 4.90. The number of aliphatic imine (C=N–C) groups is 1. The van der Waals surface area contributed by atoms with Crippen LogP contribution in [-0.4, -0.2) is 60.4 Å². The van der Waals surface area contributed by atoms with Crippen molar-refractivity contribution >= 4 is 52.9 Å². The van der Waals surface area contributed by atoms with Crippen LogP contribution in [0.1, 0.15) is 18.9 Å². The van der Waals surface area contributed by atoms with Gasteiger partial charge in [-0.25, -0.2) is 14.1 Å². The SMILES string of the molecule is CNC(=O)[C@]12C[C@H]1[C@@](C)(c1cc(Br)ccc1F)N=C(N(COCC[Si](C)(C)C)C(=O)O)S2. The van der Waals surface area contributed by atoms with E-state index in [1.165, 1.54) is 6.07 Å². The molecule has 3 rings (SSSR count). The van der Waals surface area contributed by atoms with Crippen molar-refractivity contribution in [3.63, 3.8) is 0 Å². The van der Waals surface area contributed by atoms with Gasteiger partial charge in [0.25, 0.3) is 0 Å². The molecule has 2 N–H and O–H groups in total. The molecule has 1 saturated carbocycles. The molecule has 0 unspecified atom stereocenters. The lowest BCUT2D eigenvalue weighted by Crippen LogP contribution is -2.47. The van der Waals surface area contributed by atoms with E-state index < -0.39 is 30.3 Å². The number of nitrogens with zero attached hydrogens (tertiary/aromatic N) is 2. The van der Waals surface area contributed by atoms with Crippen LogP contribution in [0.25, 0.3) is 0 Å². The summed E-state index contributed by atoms with van der Waals surface area (Å²) in [7, 11) is 0.209. The fraction of sp³-hybridized carbons (Fsp3) is 0.571. The number of hydrogen-bond donors (Lipinski definition) is 2. The lowest BCUT2D eigenvalue weighted by atomic mass is 9.85. The number of benzene rings is 1. The fourth-order valence-electron chi connectivity index (χ4n) is 3.96. The Balaban J connectivity index is 1.98. The second kappa shape index (κ2) is 9.07. The van der Waals surface area contributed by atoms with E-state index in [0.29, 0.717) is 23.1 Å². The second-order valence-corrected chi connectivity index (χ2v) is 17.4. The molecule has 11 heteroatoms. The van der Waals surface area contributed by atoms with Crippen molar-refractivity contribution in [2.75, 3.05) is 20.4 Å². The first-order chi connectivity index (χ1) is 14.8. The molecular weight excluding hydrogens is 517 g/mol. The van der Waals surface area contributed by atoms with Gasteiger partial charge >= 0.3 is 6.09 Å². The largest absolute Gasteiger partial charge is 0.465 e. The summed E-state index contributed by atoms with van der Waals surface area (Å²) in [5.41, 5.74) is -0.780. The maximum absolute atomic E-state index is 14.9. The van der Waals surface area contributed by atoms with Crippen LogP contribution in [0.4, 0.5) is 9.18 Å². The zero-order valence-corrected chi connectivity index (χ0v) is 22.3. The van der Waals surface area contributed by atoms with Gasteiger partial charge in [0.05, 0.1) is 5.54 Å². The van der Waals surface area contributed by atoms with Gasteiger partial charge in [-0.3, -0.25) is 9.79 Å². The summed E-state index contributed by atoms with van der Waals surface area (Å²) >= 11 is 4.51. The number of carboxylic acid groups (broad SMARTS) is 1. The van der Waals surface area contributed by atoms with E-state index in [-0.39, 0.29) is 23.7 Å². The molecule has 7 nitrogen and oxygen atoms in total. The van der Waals surface area contributed by atoms with Crippen LogP contribution >= 0.6 is 27.7 Å². The average Bonchev–Trinajstić information content (AvgIpc) is 3.45. The van der Waals surface area contributed by atoms with Gasteiger partial charge in [-0.2, -0.15) is 0 Å². The van der Waals surface area contributed by atoms with Crippen molar-refractivity contribution in [1.29, 1.82) is 0 Å². The minimum Gasteiger partial charge on any atom is -0.465 e. The summed E-state index contributed by atoms with van der Waals surface area (Å²) < 4.78 is 20.4. The molecule has 2 amide bonds. The Hall–Kier alpha value is -1.43. The summed E-state index contributed by atoms with van der Waals surface area (Å²) in [6, 6.07) is 5.49. The van der Waals surface area contributed by atoms with Gasteiger partial charge in [0.15, 0.2) is 5.17 Å². The summed E-state index contributed by atoms with van der Waals surface area (Å²) in [4.78, 5) is 30.7. The molecule has 1 fully saturated rings. The molecule has 0 bridgehead atoms. The molecule has 1 aromatic rings. The van der Waals surface area contributed by atoms with E-state index in [1.807, 2.05) is 0 Å². The highest BCUT2D eigenvalue weighted by atomic mass is 79.9. The Morgan fingerprint density at radius 1 is 1.44 bits per heavy atom.